The number of hydrogen-bond donors (Lipinski definition) is 3. The molecule has 0 aromatic heterocycles. The lowest BCUT2D eigenvalue weighted by atomic mass is 9.95. The molecule has 0 unspecified atom stereocenters. The van der Waals surface area contributed by atoms with E-state index in [1.807, 2.05) is 42.5 Å². The summed E-state index contributed by atoms with van der Waals surface area (Å²) in [7, 11) is 0. The SMILES string of the molecule is CC(=O)Nc1ccccc1-c1ccc2c(c1)Oc1c(O)cccc1N2[C@H]1C[C@H]2CC[C@@H](C1)N2. The average Bonchev–Trinajstić information content (AvgIpc) is 3.15. The van der Waals surface area contributed by atoms with Crippen LogP contribution in [0.1, 0.15) is 32.6 Å². The van der Waals surface area contributed by atoms with Gasteiger partial charge in [0, 0.05) is 36.3 Å². The minimum Gasteiger partial charge on any atom is -0.504 e. The molecule has 6 heteroatoms. The number of phenolic OH excluding ortho intramolecular Hbond substituents is 1. The highest BCUT2D eigenvalue weighted by atomic mass is 16.5. The van der Waals surface area contributed by atoms with Crippen LogP contribution in [0.5, 0.6) is 17.2 Å². The Morgan fingerprint density at radius 1 is 1.03 bits per heavy atom. The number of anilines is 3. The Kier molecular flexibility index (Phi) is 4.76. The fourth-order valence-corrected chi connectivity index (χ4v) is 5.67. The minimum atomic E-state index is -0.109. The fraction of sp³-hybridized carbons (Fsp3) is 0.296. The fourth-order valence-electron chi connectivity index (χ4n) is 5.67. The van der Waals surface area contributed by atoms with E-state index in [4.69, 9.17) is 4.74 Å². The number of carbonyl (C=O) groups is 1. The molecule has 0 aliphatic carbocycles. The predicted octanol–water partition coefficient (Wildman–Crippen LogP) is 5.54. The Bertz CT molecular complexity index is 1230. The Hall–Kier alpha value is -3.51. The zero-order chi connectivity index (χ0) is 22.5. The molecule has 3 aromatic rings. The first-order chi connectivity index (χ1) is 16.1. The molecule has 6 rings (SSSR count). The maximum atomic E-state index is 11.7. The number of nitrogens with zero attached hydrogens (tertiary/aromatic N) is 1. The first-order valence-corrected chi connectivity index (χ1v) is 11.6. The van der Waals surface area contributed by atoms with Crippen molar-refractivity contribution in [3.63, 3.8) is 0 Å². The topological polar surface area (TPSA) is 73.8 Å². The molecule has 33 heavy (non-hydrogen) atoms. The standard InChI is InChI=1S/C27H27N3O3/c1-16(31)28-22-6-3-2-5-21(22)17-9-12-23-26(13-17)33-27-24(7-4-8-25(27)32)30(23)20-14-18-10-11-19(15-20)29-18/h2-9,12-13,18-20,29,32H,10-11,14-15H2,1H3,(H,28,31)/t18-,19+,20+. The number of carbonyl (C=O) groups excluding carboxylic acids is 1. The van der Waals surface area contributed by atoms with Crippen molar-refractivity contribution in [2.45, 2.75) is 50.7 Å². The monoisotopic (exact) mass is 441 g/mol. The molecule has 2 bridgehead atoms. The molecule has 6 nitrogen and oxygen atoms in total. The summed E-state index contributed by atoms with van der Waals surface area (Å²) in [4.78, 5) is 14.1. The van der Waals surface area contributed by atoms with Gasteiger partial charge in [0.05, 0.1) is 11.4 Å². The van der Waals surface area contributed by atoms with Crippen molar-refractivity contribution in [3.05, 3.63) is 60.7 Å². The molecule has 3 aromatic carbocycles. The van der Waals surface area contributed by atoms with Gasteiger partial charge in [0.2, 0.25) is 5.91 Å². The Morgan fingerprint density at radius 3 is 2.61 bits per heavy atom. The average molecular weight is 442 g/mol. The van der Waals surface area contributed by atoms with E-state index in [-0.39, 0.29) is 11.7 Å². The van der Waals surface area contributed by atoms with E-state index in [9.17, 15) is 9.90 Å². The van der Waals surface area contributed by atoms with E-state index in [0.717, 1.165) is 41.0 Å². The first kappa shape index (κ1) is 20.1. The summed E-state index contributed by atoms with van der Waals surface area (Å²) < 4.78 is 6.29. The molecule has 2 fully saturated rings. The minimum absolute atomic E-state index is 0.109. The van der Waals surface area contributed by atoms with Crippen LogP contribution in [0.15, 0.2) is 60.7 Å². The number of hydrogen-bond acceptors (Lipinski definition) is 5. The van der Waals surface area contributed by atoms with Crippen LogP contribution in [0, 0.1) is 0 Å². The third-order valence-electron chi connectivity index (χ3n) is 7.03. The van der Waals surface area contributed by atoms with Gasteiger partial charge < -0.3 is 25.4 Å². The molecule has 168 valence electrons. The van der Waals surface area contributed by atoms with Gasteiger partial charge in [-0.1, -0.05) is 30.3 Å². The zero-order valence-electron chi connectivity index (χ0n) is 18.5. The Labute approximate surface area is 193 Å². The van der Waals surface area contributed by atoms with Crippen LogP contribution in [0.3, 0.4) is 0 Å². The normalized spacial score (nSPS) is 22.8. The molecule has 2 saturated heterocycles. The Balaban J connectivity index is 1.45. The van der Waals surface area contributed by atoms with Crippen molar-refractivity contribution < 1.29 is 14.6 Å². The summed E-state index contributed by atoms with van der Waals surface area (Å²) in [5.74, 6) is 1.25. The van der Waals surface area contributed by atoms with Crippen LogP contribution < -0.4 is 20.3 Å². The van der Waals surface area contributed by atoms with Crippen LogP contribution in [0.25, 0.3) is 11.1 Å². The second kappa shape index (κ2) is 7.81. The molecule has 0 saturated carbocycles. The number of ether oxygens (including phenoxy) is 1. The number of fused-ring (bicyclic) bond motifs is 4. The van der Waals surface area contributed by atoms with Crippen LogP contribution in [0.4, 0.5) is 17.1 Å². The van der Waals surface area contributed by atoms with Gasteiger partial charge in [0.1, 0.15) is 0 Å². The largest absolute Gasteiger partial charge is 0.504 e. The van der Waals surface area contributed by atoms with E-state index < -0.39 is 0 Å². The van der Waals surface area contributed by atoms with Gasteiger partial charge in [-0.25, -0.2) is 0 Å². The second-order valence-electron chi connectivity index (χ2n) is 9.27. The van der Waals surface area contributed by atoms with Crippen LogP contribution >= 0.6 is 0 Å². The van der Waals surface area contributed by atoms with E-state index >= 15 is 0 Å². The van der Waals surface area contributed by atoms with E-state index in [1.165, 1.54) is 19.8 Å². The highest BCUT2D eigenvalue weighted by molar-refractivity contribution is 5.94. The third-order valence-corrected chi connectivity index (χ3v) is 7.03. The van der Waals surface area contributed by atoms with Crippen molar-refractivity contribution in [3.8, 4) is 28.4 Å². The highest BCUT2D eigenvalue weighted by Crippen LogP contribution is 2.53. The van der Waals surface area contributed by atoms with Gasteiger partial charge in [0.15, 0.2) is 17.2 Å². The van der Waals surface area contributed by atoms with Crippen molar-refractivity contribution in [1.29, 1.82) is 0 Å². The summed E-state index contributed by atoms with van der Waals surface area (Å²) in [6, 6.07) is 21.0. The summed E-state index contributed by atoms with van der Waals surface area (Å²) >= 11 is 0. The number of piperidine rings is 1. The van der Waals surface area contributed by atoms with E-state index in [2.05, 4.69) is 27.7 Å². The van der Waals surface area contributed by atoms with Crippen molar-refractivity contribution >= 4 is 23.0 Å². The van der Waals surface area contributed by atoms with Crippen molar-refractivity contribution in [1.82, 2.24) is 5.32 Å². The van der Waals surface area contributed by atoms with Gasteiger partial charge in [-0.05, 0) is 61.6 Å². The lowest BCUT2D eigenvalue weighted by molar-refractivity contribution is -0.114. The summed E-state index contributed by atoms with van der Waals surface area (Å²) in [5.41, 5.74) is 4.56. The summed E-state index contributed by atoms with van der Waals surface area (Å²) in [5, 5.41) is 17.3. The number of amides is 1. The number of aromatic hydroxyl groups is 1. The first-order valence-electron chi connectivity index (χ1n) is 11.6. The van der Waals surface area contributed by atoms with Gasteiger partial charge in [-0.3, -0.25) is 4.79 Å². The van der Waals surface area contributed by atoms with Crippen LogP contribution in [-0.2, 0) is 4.79 Å². The zero-order valence-corrected chi connectivity index (χ0v) is 18.5. The molecular formula is C27H27N3O3. The second-order valence-corrected chi connectivity index (χ2v) is 9.27. The quantitative estimate of drug-likeness (QED) is 0.497. The maximum Gasteiger partial charge on any atom is 0.221 e. The summed E-state index contributed by atoms with van der Waals surface area (Å²) in [6.07, 6.45) is 4.59. The summed E-state index contributed by atoms with van der Waals surface area (Å²) in [6.45, 7) is 1.51. The lowest BCUT2D eigenvalue weighted by Crippen LogP contribution is -2.47. The van der Waals surface area contributed by atoms with E-state index in [1.54, 1.807) is 6.07 Å². The lowest BCUT2D eigenvalue weighted by Gasteiger charge is -2.42. The molecule has 3 N–H and O–H groups in total. The van der Waals surface area contributed by atoms with Gasteiger partial charge >= 0.3 is 0 Å². The number of nitrogens with one attached hydrogen (secondary N) is 2. The van der Waals surface area contributed by atoms with Crippen LogP contribution in [0.2, 0.25) is 0 Å². The van der Waals surface area contributed by atoms with Crippen LogP contribution in [-0.4, -0.2) is 29.1 Å². The number of phenols is 1. The number of para-hydroxylation sites is 2. The Morgan fingerprint density at radius 2 is 1.82 bits per heavy atom. The molecule has 0 spiro atoms. The van der Waals surface area contributed by atoms with Gasteiger partial charge in [0.25, 0.3) is 0 Å². The van der Waals surface area contributed by atoms with Gasteiger partial charge in [-0.2, -0.15) is 0 Å². The van der Waals surface area contributed by atoms with Crippen molar-refractivity contribution in [2.24, 2.45) is 0 Å². The third kappa shape index (κ3) is 3.51. The molecule has 0 radical (unpaired) electrons. The number of rotatable bonds is 3. The molecular weight excluding hydrogens is 414 g/mol. The molecule has 3 aliphatic heterocycles. The smallest absolute Gasteiger partial charge is 0.221 e. The predicted molar refractivity (Wildman–Crippen MR) is 129 cm³/mol. The number of benzene rings is 3. The molecule has 3 atom stereocenters. The van der Waals surface area contributed by atoms with Gasteiger partial charge in [-0.15, -0.1) is 0 Å². The van der Waals surface area contributed by atoms with E-state index in [0.29, 0.717) is 29.6 Å². The highest BCUT2D eigenvalue weighted by Gasteiger charge is 2.40. The maximum absolute atomic E-state index is 11.7. The van der Waals surface area contributed by atoms with Crippen molar-refractivity contribution in [2.75, 3.05) is 10.2 Å². The molecule has 1 amide bonds. The molecule has 3 heterocycles. The molecule has 3 aliphatic rings.